The largest absolute Gasteiger partial charge is 0.448 e. The van der Waals surface area contributed by atoms with E-state index in [-0.39, 0.29) is 12.0 Å². The third-order valence-electron chi connectivity index (χ3n) is 6.84. The van der Waals surface area contributed by atoms with Crippen molar-refractivity contribution in [2.24, 2.45) is 0 Å². The molecule has 2 saturated heterocycles. The number of carbonyl (C=O) groups is 2. The molecule has 2 N–H and O–H groups in total. The van der Waals surface area contributed by atoms with Crippen molar-refractivity contribution >= 4 is 29.3 Å². The lowest BCUT2D eigenvalue weighted by Crippen LogP contribution is -2.29. The van der Waals surface area contributed by atoms with Gasteiger partial charge >= 0.3 is 6.09 Å². The van der Waals surface area contributed by atoms with Crippen LogP contribution in [0.1, 0.15) is 52.9 Å². The molecule has 32 heavy (non-hydrogen) atoms. The summed E-state index contributed by atoms with van der Waals surface area (Å²) in [5, 5.41) is 2.97. The number of rotatable bonds is 5. The SMILES string of the molecule is Cc1[nH]c(/C=C2\C(=O)Nc3ccc(CN4CCOC4=O)cc32)c(C)c1CN1CCCCC1. The van der Waals surface area contributed by atoms with Crippen LogP contribution in [0.25, 0.3) is 11.6 Å². The molecule has 3 aliphatic rings. The molecular formula is C25H30N4O3. The van der Waals surface area contributed by atoms with E-state index in [9.17, 15) is 9.59 Å². The summed E-state index contributed by atoms with van der Waals surface area (Å²) < 4.78 is 5.03. The number of cyclic esters (lactones) is 1. The molecule has 2 fully saturated rings. The molecule has 7 nitrogen and oxygen atoms in total. The summed E-state index contributed by atoms with van der Waals surface area (Å²) in [4.78, 5) is 32.3. The number of benzene rings is 1. The third-order valence-corrected chi connectivity index (χ3v) is 6.84. The van der Waals surface area contributed by atoms with E-state index in [2.05, 4.69) is 29.0 Å². The smallest absolute Gasteiger partial charge is 0.410 e. The molecule has 1 aromatic carbocycles. The summed E-state index contributed by atoms with van der Waals surface area (Å²) in [5.74, 6) is -0.0954. The normalized spacial score (nSPS) is 20.1. The second kappa shape index (κ2) is 8.47. The van der Waals surface area contributed by atoms with Gasteiger partial charge in [0.1, 0.15) is 6.61 Å². The predicted octanol–water partition coefficient (Wildman–Crippen LogP) is 4.06. The number of hydrogen-bond donors (Lipinski definition) is 2. The van der Waals surface area contributed by atoms with E-state index < -0.39 is 0 Å². The quantitative estimate of drug-likeness (QED) is 0.696. The van der Waals surface area contributed by atoms with Crippen molar-refractivity contribution < 1.29 is 14.3 Å². The second-order valence-corrected chi connectivity index (χ2v) is 9.03. The molecule has 3 aliphatic heterocycles. The number of nitrogens with one attached hydrogen (secondary N) is 2. The molecule has 7 heteroatoms. The van der Waals surface area contributed by atoms with Crippen LogP contribution in [0.3, 0.4) is 0 Å². The summed E-state index contributed by atoms with van der Waals surface area (Å²) in [6, 6.07) is 5.87. The molecule has 0 unspecified atom stereocenters. The van der Waals surface area contributed by atoms with E-state index in [0.29, 0.717) is 25.3 Å². The molecule has 0 aliphatic carbocycles. The molecule has 0 radical (unpaired) electrons. The number of aromatic nitrogens is 1. The Kier molecular flexibility index (Phi) is 5.51. The first-order chi connectivity index (χ1) is 15.5. The fourth-order valence-electron chi connectivity index (χ4n) is 4.95. The van der Waals surface area contributed by atoms with Crippen LogP contribution in [-0.4, -0.2) is 53.0 Å². The van der Waals surface area contributed by atoms with Crippen LogP contribution in [0.4, 0.5) is 10.5 Å². The third kappa shape index (κ3) is 3.93. The number of ether oxygens (including phenoxy) is 1. The minimum Gasteiger partial charge on any atom is -0.448 e. The highest BCUT2D eigenvalue weighted by Crippen LogP contribution is 2.35. The van der Waals surface area contributed by atoms with E-state index in [4.69, 9.17) is 4.74 Å². The fourth-order valence-corrected chi connectivity index (χ4v) is 4.95. The van der Waals surface area contributed by atoms with Gasteiger partial charge in [0.25, 0.3) is 5.91 Å². The molecule has 0 bridgehead atoms. The van der Waals surface area contributed by atoms with Crippen LogP contribution in [0.15, 0.2) is 18.2 Å². The summed E-state index contributed by atoms with van der Waals surface area (Å²) in [7, 11) is 0. The van der Waals surface area contributed by atoms with Crippen LogP contribution in [0, 0.1) is 13.8 Å². The number of nitrogens with zero attached hydrogens (tertiary/aromatic N) is 2. The highest BCUT2D eigenvalue weighted by molar-refractivity contribution is 6.34. The Morgan fingerprint density at radius 1 is 1.06 bits per heavy atom. The summed E-state index contributed by atoms with van der Waals surface area (Å²) in [6.07, 6.45) is 5.56. The zero-order valence-electron chi connectivity index (χ0n) is 18.8. The van der Waals surface area contributed by atoms with Crippen LogP contribution in [0.2, 0.25) is 0 Å². The van der Waals surface area contributed by atoms with Gasteiger partial charge in [0.15, 0.2) is 0 Å². The van der Waals surface area contributed by atoms with Gasteiger partial charge < -0.3 is 19.9 Å². The Bertz CT molecular complexity index is 1090. The zero-order valence-corrected chi connectivity index (χ0v) is 18.8. The molecule has 0 saturated carbocycles. The maximum absolute atomic E-state index is 12.8. The summed E-state index contributed by atoms with van der Waals surface area (Å²) in [5.41, 5.74) is 8.01. The van der Waals surface area contributed by atoms with Crippen molar-refractivity contribution in [3.8, 4) is 0 Å². The minimum atomic E-state index is -0.283. The molecule has 0 spiro atoms. The Morgan fingerprint density at radius 2 is 1.88 bits per heavy atom. The molecule has 1 aromatic heterocycles. The Labute approximate surface area is 188 Å². The average molecular weight is 435 g/mol. The van der Waals surface area contributed by atoms with E-state index >= 15 is 0 Å². The van der Waals surface area contributed by atoms with Crippen molar-refractivity contribution in [1.82, 2.24) is 14.8 Å². The average Bonchev–Trinajstić information content (AvgIpc) is 3.41. The highest BCUT2D eigenvalue weighted by atomic mass is 16.6. The number of likely N-dealkylation sites (tertiary alicyclic amines) is 1. The fraction of sp³-hybridized carbons (Fsp3) is 0.440. The van der Waals surface area contributed by atoms with Gasteiger partial charge in [-0.05, 0) is 74.7 Å². The van der Waals surface area contributed by atoms with E-state index in [1.54, 1.807) is 4.90 Å². The number of amides is 2. The van der Waals surface area contributed by atoms with Crippen molar-refractivity contribution in [2.75, 3.05) is 31.6 Å². The van der Waals surface area contributed by atoms with Crippen molar-refractivity contribution in [3.05, 3.63) is 51.8 Å². The van der Waals surface area contributed by atoms with E-state index in [0.717, 1.165) is 42.1 Å². The standard InChI is InChI=1S/C25H30N4O3/c1-16-21(15-28-8-4-3-5-9-28)17(2)26-23(16)13-20-19-12-18(6-7-22(19)27-24(20)30)14-29-10-11-32-25(29)31/h6-7,12-13,26H,3-5,8-11,14-15H2,1-2H3,(H,27,30)/b20-13-. The first-order valence-corrected chi connectivity index (χ1v) is 11.5. The first kappa shape index (κ1) is 20.8. The lowest BCUT2D eigenvalue weighted by molar-refractivity contribution is -0.110. The van der Waals surface area contributed by atoms with E-state index in [1.165, 1.54) is 36.1 Å². The van der Waals surface area contributed by atoms with Gasteiger partial charge in [-0.2, -0.15) is 0 Å². The van der Waals surface area contributed by atoms with Gasteiger partial charge in [0, 0.05) is 35.7 Å². The van der Waals surface area contributed by atoms with Gasteiger partial charge in [-0.3, -0.25) is 9.69 Å². The number of piperidine rings is 1. The second-order valence-electron chi connectivity index (χ2n) is 9.03. The number of aryl methyl sites for hydroxylation is 1. The van der Waals surface area contributed by atoms with Crippen LogP contribution in [-0.2, 0) is 22.6 Å². The monoisotopic (exact) mass is 434 g/mol. The zero-order chi connectivity index (χ0) is 22.2. The molecule has 5 rings (SSSR count). The maximum atomic E-state index is 12.8. The minimum absolute atomic E-state index is 0.0954. The van der Waals surface area contributed by atoms with Crippen molar-refractivity contribution in [2.45, 2.75) is 46.2 Å². The molecular weight excluding hydrogens is 404 g/mol. The number of anilines is 1. The number of hydrogen-bond acceptors (Lipinski definition) is 4. The van der Waals surface area contributed by atoms with Crippen molar-refractivity contribution in [3.63, 3.8) is 0 Å². The first-order valence-electron chi connectivity index (χ1n) is 11.5. The van der Waals surface area contributed by atoms with Crippen LogP contribution in [0.5, 0.6) is 0 Å². The topological polar surface area (TPSA) is 77.7 Å². The summed E-state index contributed by atoms with van der Waals surface area (Å²) >= 11 is 0. The van der Waals surface area contributed by atoms with Crippen LogP contribution >= 0.6 is 0 Å². The van der Waals surface area contributed by atoms with Gasteiger partial charge in [-0.15, -0.1) is 0 Å². The Hall–Kier alpha value is -3.06. The van der Waals surface area contributed by atoms with Gasteiger partial charge in [-0.25, -0.2) is 4.79 Å². The number of H-pyrrole nitrogens is 1. The van der Waals surface area contributed by atoms with Gasteiger partial charge in [-0.1, -0.05) is 12.5 Å². The number of fused-ring (bicyclic) bond motifs is 1. The lowest BCUT2D eigenvalue weighted by Gasteiger charge is -2.26. The van der Waals surface area contributed by atoms with E-state index in [1.807, 2.05) is 24.3 Å². The number of aromatic amines is 1. The lowest BCUT2D eigenvalue weighted by atomic mass is 10.0. The molecule has 4 heterocycles. The molecule has 0 atom stereocenters. The van der Waals surface area contributed by atoms with Gasteiger partial charge in [0.05, 0.1) is 12.1 Å². The highest BCUT2D eigenvalue weighted by Gasteiger charge is 2.27. The Balaban J connectivity index is 1.42. The van der Waals surface area contributed by atoms with Crippen molar-refractivity contribution in [1.29, 1.82) is 0 Å². The number of carbonyl (C=O) groups excluding carboxylic acids is 2. The molecule has 2 aromatic rings. The maximum Gasteiger partial charge on any atom is 0.410 e. The molecule has 168 valence electrons. The summed E-state index contributed by atoms with van der Waals surface area (Å²) in [6.45, 7) is 9.02. The predicted molar refractivity (Wildman–Crippen MR) is 124 cm³/mol. The Morgan fingerprint density at radius 3 is 2.62 bits per heavy atom. The van der Waals surface area contributed by atoms with Crippen LogP contribution < -0.4 is 5.32 Å². The van der Waals surface area contributed by atoms with Gasteiger partial charge in [0.2, 0.25) is 0 Å². The molecule has 2 amide bonds.